The van der Waals surface area contributed by atoms with Crippen molar-refractivity contribution in [2.45, 2.75) is 26.4 Å². The third-order valence-electron chi connectivity index (χ3n) is 2.79. The van der Waals surface area contributed by atoms with E-state index in [1.165, 1.54) is 6.07 Å². The maximum Gasteiger partial charge on any atom is 0.129 e. The number of hydrogen-bond acceptors (Lipinski definition) is 2. The third kappa shape index (κ3) is 4.04. The largest absolute Gasteiger partial charge is 0.313 e. The lowest BCUT2D eigenvalue weighted by molar-refractivity contribution is 0.585. The van der Waals surface area contributed by atoms with Crippen LogP contribution in [-0.4, -0.2) is 16.3 Å². The fraction of sp³-hybridized carbons (Fsp3) is 0.357. The van der Waals surface area contributed by atoms with Crippen molar-refractivity contribution in [3.8, 4) is 0 Å². The SMILES string of the molecule is CCCNCc1cnn(Cc2ccc(Cl)cc2F)c1. The van der Waals surface area contributed by atoms with Gasteiger partial charge in [-0.2, -0.15) is 5.10 Å². The van der Waals surface area contributed by atoms with Crippen LogP contribution in [0.3, 0.4) is 0 Å². The molecule has 2 aromatic rings. The molecule has 1 aromatic heterocycles. The van der Waals surface area contributed by atoms with Crippen LogP contribution in [0.25, 0.3) is 0 Å². The van der Waals surface area contributed by atoms with Gasteiger partial charge in [-0.1, -0.05) is 24.6 Å². The van der Waals surface area contributed by atoms with E-state index in [0.717, 1.165) is 25.1 Å². The van der Waals surface area contributed by atoms with E-state index in [1.54, 1.807) is 23.0 Å². The molecule has 1 aromatic carbocycles. The minimum absolute atomic E-state index is 0.298. The average molecular weight is 282 g/mol. The van der Waals surface area contributed by atoms with E-state index in [9.17, 15) is 4.39 Å². The van der Waals surface area contributed by atoms with Crippen LogP contribution in [0, 0.1) is 5.82 Å². The normalized spacial score (nSPS) is 10.9. The van der Waals surface area contributed by atoms with E-state index in [2.05, 4.69) is 17.3 Å². The number of rotatable bonds is 6. The van der Waals surface area contributed by atoms with Crippen LogP contribution in [-0.2, 0) is 13.1 Å². The first-order valence-electron chi connectivity index (χ1n) is 6.35. The van der Waals surface area contributed by atoms with Gasteiger partial charge in [-0.25, -0.2) is 4.39 Å². The summed E-state index contributed by atoms with van der Waals surface area (Å²) in [6.45, 7) is 4.31. The van der Waals surface area contributed by atoms with Crippen molar-refractivity contribution in [3.05, 3.63) is 52.6 Å². The number of nitrogens with zero attached hydrogens (tertiary/aromatic N) is 2. The molecule has 2 rings (SSSR count). The minimum Gasteiger partial charge on any atom is -0.313 e. The van der Waals surface area contributed by atoms with Gasteiger partial charge in [0.25, 0.3) is 0 Å². The van der Waals surface area contributed by atoms with Crippen molar-refractivity contribution in [1.29, 1.82) is 0 Å². The Kier molecular flexibility index (Phi) is 4.93. The zero-order valence-electron chi connectivity index (χ0n) is 10.9. The second kappa shape index (κ2) is 6.68. The average Bonchev–Trinajstić information content (AvgIpc) is 2.81. The number of nitrogens with one attached hydrogen (secondary N) is 1. The predicted molar refractivity (Wildman–Crippen MR) is 74.7 cm³/mol. The van der Waals surface area contributed by atoms with Crippen LogP contribution >= 0.6 is 11.6 Å². The molecule has 0 atom stereocenters. The maximum absolute atomic E-state index is 13.7. The molecule has 0 aliphatic rings. The molecule has 0 saturated carbocycles. The quantitative estimate of drug-likeness (QED) is 0.824. The highest BCUT2D eigenvalue weighted by Gasteiger charge is 2.05. The summed E-state index contributed by atoms with van der Waals surface area (Å²) in [6, 6.07) is 4.70. The monoisotopic (exact) mass is 281 g/mol. The van der Waals surface area contributed by atoms with Crippen LogP contribution in [0.1, 0.15) is 24.5 Å². The van der Waals surface area contributed by atoms with Gasteiger partial charge in [0.2, 0.25) is 0 Å². The van der Waals surface area contributed by atoms with E-state index in [4.69, 9.17) is 11.6 Å². The minimum atomic E-state index is -0.298. The lowest BCUT2D eigenvalue weighted by atomic mass is 10.2. The number of halogens is 2. The Hall–Kier alpha value is -1.39. The highest BCUT2D eigenvalue weighted by Crippen LogP contribution is 2.15. The van der Waals surface area contributed by atoms with Gasteiger partial charge < -0.3 is 5.32 Å². The smallest absolute Gasteiger partial charge is 0.129 e. The number of benzene rings is 1. The molecule has 0 unspecified atom stereocenters. The Labute approximate surface area is 117 Å². The van der Waals surface area contributed by atoms with E-state index in [0.29, 0.717) is 17.1 Å². The summed E-state index contributed by atoms with van der Waals surface area (Å²) in [5, 5.41) is 7.94. The lowest BCUT2D eigenvalue weighted by Gasteiger charge is -2.04. The summed E-state index contributed by atoms with van der Waals surface area (Å²) >= 11 is 5.72. The number of hydrogen-bond donors (Lipinski definition) is 1. The first-order valence-corrected chi connectivity index (χ1v) is 6.73. The van der Waals surface area contributed by atoms with Gasteiger partial charge in [0.1, 0.15) is 5.82 Å². The molecule has 0 fully saturated rings. The molecule has 0 saturated heterocycles. The van der Waals surface area contributed by atoms with E-state index in [1.807, 2.05) is 6.20 Å². The molecule has 1 N–H and O–H groups in total. The van der Waals surface area contributed by atoms with Crippen LogP contribution in [0.2, 0.25) is 5.02 Å². The molecular formula is C14H17ClFN3. The van der Waals surface area contributed by atoms with Crippen molar-refractivity contribution >= 4 is 11.6 Å². The summed E-state index contributed by atoms with van der Waals surface area (Å²) < 4.78 is 15.4. The first kappa shape index (κ1) is 14.0. The molecule has 102 valence electrons. The van der Waals surface area contributed by atoms with Gasteiger partial charge in [0.15, 0.2) is 0 Å². The van der Waals surface area contributed by atoms with Gasteiger partial charge in [-0.15, -0.1) is 0 Å². The second-order valence-electron chi connectivity index (χ2n) is 4.46. The molecule has 0 bridgehead atoms. The first-order chi connectivity index (χ1) is 9.19. The van der Waals surface area contributed by atoms with Gasteiger partial charge in [0, 0.05) is 28.9 Å². The second-order valence-corrected chi connectivity index (χ2v) is 4.90. The Morgan fingerprint density at radius 3 is 3.00 bits per heavy atom. The zero-order valence-corrected chi connectivity index (χ0v) is 11.6. The number of aromatic nitrogens is 2. The predicted octanol–water partition coefficient (Wildman–Crippen LogP) is 3.22. The molecule has 1 heterocycles. The summed E-state index contributed by atoms with van der Waals surface area (Å²) in [6.07, 6.45) is 4.83. The molecule has 3 nitrogen and oxygen atoms in total. The van der Waals surface area contributed by atoms with Crippen molar-refractivity contribution in [2.75, 3.05) is 6.54 Å². The summed E-state index contributed by atoms with van der Waals surface area (Å²) in [5.41, 5.74) is 1.68. The van der Waals surface area contributed by atoms with E-state index >= 15 is 0 Å². The van der Waals surface area contributed by atoms with Crippen LogP contribution in [0.5, 0.6) is 0 Å². The van der Waals surface area contributed by atoms with Crippen molar-refractivity contribution in [3.63, 3.8) is 0 Å². The molecule has 0 spiro atoms. The van der Waals surface area contributed by atoms with Crippen LogP contribution < -0.4 is 5.32 Å². The van der Waals surface area contributed by atoms with E-state index in [-0.39, 0.29) is 5.82 Å². The topological polar surface area (TPSA) is 29.9 Å². The van der Waals surface area contributed by atoms with Crippen molar-refractivity contribution in [2.24, 2.45) is 0 Å². The zero-order chi connectivity index (χ0) is 13.7. The van der Waals surface area contributed by atoms with E-state index < -0.39 is 0 Å². The Bertz CT molecular complexity index is 539. The van der Waals surface area contributed by atoms with Crippen molar-refractivity contribution in [1.82, 2.24) is 15.1 Å². The van der Waals surface area contributed by atoms with Gasteiger partial charge in [-0.3, -0.25) is 4.68 Å². The molecular weight excluding hydrogens is 265 g/mol. The standard InChI is InChI=1S/C14H17ClFN3/c1-2-5-17-7-11-8-18-19(9-11)10-12-3-4-13(15)6-14(12)16/h3-4,6,8-9,17H,2,5,7,10H2,1H3. The molecule has 19 heavy (non-hydrogen) atoms. The molecule has 0 aliphatic carbocycles. The highest BCUT2D eigenvalue weighted by atomic mass is 35.5. The van der Waals surface area contributed by atoms with Crippen LogP contribution in [0.15, 0.2) is 30.6 Å². The fourth-order valence-electron chi connectivity index (χ4n) is 1.82. The molecule has 0 radical (unpaired) electrons. The van der Waals surface area contributed by atoms with Gasteiger partial charge in [0.05, 0.1) is 12.7 Å². The van der Waals surface area contributed by atoms with Gasteiger partial charge in [-0.05, 0) is 25.1 Å². The summed E-state index contributed by atoms with van der Waals surface area (Å²) in [7, 11) is 0. The summed E-state index contributed by atoms with van der Waals surface area (Å²) in [5.74, 6) is -0.298. The molecule has 0 amide bonds. The maximum atomic E-state index is 13.7. The fourth-order valence-corrected chi connectivity index (χ4v) is 1.98. The molecule has 0 aliphatic heterocycles. The Morgan fingerprint density at radius 2 is 2.26 bits per heavy atom. The van der Waals surface area contributed by atoms with Gasteiger partial charge >= 0.3 is 0 Å². The van der Waals surface area contributed by atoms with Crippen LogP contribution in [0.4, 0.5) is 4.39 Å². The molecule has 5 heteroatoms. The third-order valence-corrected chi connectivity index (χ3v) is 3.03. The lowest BCUT2D eigenvalue weighted by Crippen LogP contribution is -2.13. The Balaban J connectivity index is 1.99. The van der Waals surface area contributed by atoms with Crippen molar-refractivity contribution < 1.29 is 4.39 Å². The summed E-state index contributed by atoms with van der Waals surface area (Å²) in [4.78, 5) is 0. The highest BCUT2D eigenvalue weighted by molar-refractivity contribution is 6.30. The Morgan fingerprint density at radius 1 is 1.42 bits per heavy atom.